The first-order valence-electron chi connectivity index (χ1n) is 5.90. The number of hydrogen-bond acceptors (Lipinski definition) is 2. The van der Waals surface area contributed by atoms with Gasteiger partial charge >= 0.3 is 0 Å². The number of rotatable bonds is 5. The minimum Gasteiger partial charge on any atom is -0.313 e. The summed E-state index contributed by atoms with van der Waals surface area (Å²) in [7, 11) is 0. The average molecular weight is 376 g/mol. The van der Waals surface area contributed by atoms with E-state index in [2.05, 4.69) is 46.0 Å². The van der Waals surface area contributed by atoms with Crippen molar-refractivity contribution in [2.75, 3.05) is 6.54 Å². The van der Waals surface area contributed by atoms with Crippen LogP contribution in [0, 0.1) is 3.57 Å². The van der Waals surface area contributed by atoms with Gasteiger partial charge in [0.1, 0.15) is 0 Å². The number of aromatic nitrogens is 2. The SMILES string of the molecule is CCCNCc1ccc(-n2cc(I)cn2)c(Cl)c1. The molecule has 1 N–H and O–H groups in total. The third kappa shape index (κ3) is 3.46. The van der Waals surface area contributed by atoms with Gasteiger partial charge in [-0.3, -0.25) is 0 Å². The molecule has 0 atom stereocenters. The van der Waals surface area contributed by atoms with Crippen LogP contribution in [0.4, 0.5) is 0 Å². The van der Waals surface area contributed by atoms with E-state index in [-0.39, 0.29) is 0 Å². The summed E-state index contributed by atoms with van der Waals surface area (Å²) < 4.78 is 2.89. The Morgan fingerprint density at radius 3 is 2.89 bits per heavy atom. The fourth-order valence-electron chi connectivity index (χ4n) is 1.69. The normalized spacial score (nSPS) is 10.8. The lowest BCUT2D eigenvalue weighted by molar-refractivity contribution is 0.675. The van der Waals surface area contributed by atoms with Gasteiger partial charge in [0.05, 0.1) is 20.5 Å². The second-order valence-electron chi connectivity index (χ2n) is 4.07. The molecular formula is C13H15ClIN3. The van der Waals surface area contributed by atoms with Crippen molar-refractivity contribution in [3.05, 3.63) is 44.7 Å². The summed E-state index contributed by atoms with van der Waals surface area (Å²) >= 11 is 8.53. The van der Waals surface area contributed by atoms with E-state index in [1.807, 2.05) is 24.5 Å². The van der Waals surface area contributed by atoms with Crippen molar-refractivity contribution in [2.24, 2.45) is 0 Å². The number of benzene rings is 1. The highest BCUT2D eigenvalue weighted by Crippen LogP contribution is 2.22. The molecule has 0 aliphatic carbocycles. The van der Waals surface area contributed by atoms with Crippen LogP contribution in [0.5, 0.6) is 0 Å². The smallest absolute Gasteiger partial charge is 0.0832 e. The van der Waals surface area contributed by atoms with Gasteiger partial charge in [-0.2, -0.15) is 5.10 Å². The number of hydrogen-bond donors (Lipinski definition) is 1. The third-order valence-corrected chi connectivity index (χ3v) is 3.43. The molecule has 0 bridgehead atoms. The highest BCUT2D eigenvalue weighted by atomic mass is 127. The second-order valence-corrected chi connectivity index (χ2v) is 5.72. The summed E-state index contributed by atoms with van der Waals surface area (Å²) in [6.45, 7) is 4.03. The van der Waals surface area contributed by atoms with Crippen LogP contribution in [0.2, 0.25) is 5.02 Å². The first-order valence-corrected chi connectivity index (χ1v) is 7.36. The fraction of sp³-hybridized carbons (Fsp3) is 0.308. The van der Waals surface area contributed by atoms with E-state index in [1.54, 1.807) is 4.68 Å². The summed E-state index contributed by atoms with van der Waals surface area (Å²) in [5, 5.41) is 8.35. The molecule has 0 aliphatic rings. The molecule has 0 spiro atoms. The zero-order valence-corrected chi connectivity index (χ0v) is 13.1. The van der Waals surface area contributed by atoms with E-state index in [0.717, 1.165) is 33.8 Å². The van der Waals surface area contributed by atoms with Crippen LogP contribution < -0.4 is 5.32 Å². The quantitative estimate of drug-likeness (QED) is 0.639. The van der Waals surface area contributed by atoms with Crippen molar-refractivity contribution < 1.29 is 0 Å². The predicted molar refractivity (Wildman–Crippen MR) is 83.3 cm³/mol. The molecule has 0 amide bonds. The monoisotopic (exact) mass is 375 g/mol. The minimum atomic E-state index is 0.727. The second kappa shape index (κ2) is 6.54. The molecular weight excluding hydrogens is 361 g/mol. The fourth-order valence-corrected chi connectivity index (χ4v) is 2.37. The first kappa shape index (κ1) is 13.8. The molecule has 2 rings (SSSR count). The van der Waals surface area contributed by atoms with E-state index in [0.29, 0.717) is 0 Å². The first-order chi connectivity index (χ1) is 8.70. The Hall–Kier alpha value is -0.590. The number of nitrogens with zero attached hydrogens (tertiary/aromatic N) is 2. The van der Waals surface area contributed by atoms with E-state index < -0.39 is 0 Å². The van der Waals surface area contributed by atoms with Crippen molar-refractivity contribution >= 4 is 34.2 Å². The zero-order chi connectivity index (χ0) is 13.0. The molecule has 0 fully saturated rings. The van der Waals surface area contributed by atoms with Gasteiger partial charge in [0.2, 0.25) is 0 Å². The standard InChI is InChI=1S/C13H15ClIN3/c1-2-5-16-7-10-3-4-13(12(14)6-10)18-9-11(15)8-17-18/h3-4,6,8-9,16H,2,5,7H2,1H3. The Bertz CT molecular complexity index is 525. The number of halogens is 2. The summed E-state index contributed by atoms with van der Waals surface area (Å²) in [5.74, 6) is 0. The maximum Gasteiger partial charge on any atom is 0.0832 e. The van der Waals surface area contributed by atoms with Gasteiger partial charge in [0, 0.05) is 12.7 Å². The molecule has 5 heteroatoms. The van der Waals surface area contributed by atoms with Gasteiger partial charge in [-0.15, -0.1) is 0 Å². The van der Waals surface area contributed by atoms with E-state index in [9.17, 15) is 0 Å². The van der Waals surface area contributed by atoms with E-state index in [4.69, 9.17) is 11.6 Å². The van der Waals surface area contributed by atoms with Crippen molar-refractivity contribution in [3.63, 3.8) is 0 Å². The maximum atomic E-state index is 6.29. The Morgan fingerprint density at radius 1 is 1.44 bits per heavy atom. The summed E-state index contributed by atoms with van der Waals surface area (Å²) in [4.78, 5) is 0. The van der Waals surface area contributed by atoms with Crippen LogP contribution in [0.25, 0.3) is 5.69 Å². The Balaban J connectivity index is 2.15. The lowest BCUT2D eigenvalue weighted by Crippen LogP contribution is -2.13. The average Bonchev–Trinajstić information content (AvgIpc) is 2.76. The molecule has 1 heterocycles. The third-order valence-electron chi connectivity index (χ3n) is 2.57. The van der Waals surface area contributed by atoms with Crippen molar-refractivity contribution in [3.8, 4) is 5.69 Å². The Labute approximate surface area is 126 Å². The van der Waals surface area contributed by atoms with Gasteiger partial charge in [0.25, 0.3) is 0 Å². The summed E-state index contributed by atoms with van der Waals surface area (Å²) in [6.07, 6.45) is 4.90. The molecule has 96 valence electrons. The van der Waals surface area contributed by atoms with Gasteiger partial charge in [-0.1, -0.05) is 24.6 Å². The number of nitrogens with one attached hydrogen (secondary N) is 1. The summed E-state index contributed by atoms with van der Waals surface area (Å²) in [5.41, 5.74) is 2.11. The molecule has 18 heavy (non-hydrogen) atoms. The molecule has 1 aromatic heterocycles. The van der Waals surface area contributed by atoms with Gasteiger partial charge in [-0.25, -0.2) is 4.68 Å². The largest absolute Gasteiger partial charge is 0.313 e. The van der Waals surface area contributed by atoms with E-state index in [1.165, 1.54) is 5.56 Å². The highest BCUT2D eigenvalue weighted by Gasteiger charge is 2.05. The predicted octanol–water partition coefficient (Wildman–Crippen LogP) is 3.63. The van der Waals surface area contributed by atoms with Crippen LogP contribution in [0.3, 0.4) is 0 Å². The van der Waals surface area contributed by atoms with Gasteiger partial charge in [0.15, 0.2) is 0 Å². The molecule has 0 aliphatic heterocycles. The van der Waals surface area contributed by atoms with Gasteiger partial charge < -0.3 is 5.32 Å². The van der Waals surface area contributed by atoms with Crippen LogP contribution in [-0.2, 0) is 6.54 Å². The minimum absolute atomic E-state index is 0.727. The maximum absolute atomic E-state index is 6.29. The van der Waals surface area contributed by atoms with Crippen LogP contribution in [0.1, 0.15) is 18.9 Å². The lowest BCUT2D eigenvalue weighted by Gasteiger charge is -2.08. The zero-order valence-electron chi connectivity index (χ0n) is 10.2. The van der Waals surface area contributed by atoms with Crippen LogP contribution in [0.15, 0.2) is 30.6 Å². The van der Waals surface area contributed by atoms with E-state index >= 15 is 0 Å². The molecule has 1 aromatic carbocycles. The lowest BCUT2D eigenvalue weighted by atomic mass is 10.2. The molecule has 0 unspecified atom stereocenters. The highest BCUT2D eigenvalue weighted by molar-refractivity contribution is 14.1. The van der Waals surface area contributed by atoms with Crippen molar-refractivity contribution in [2.45, 2.75) is 19.9 Å². The van der Waals surface area contributed by atoms with Crippen molar-refractivity contribution in [1.29, 1.82) is 0 Å². The van der Waals surface area contributed by atoms with Crippen LogP contribution >= 0.6 is 34.2 Å². The molecule has 0 saturated heterocycles. The topological polar surface area (TPSA) is 29.9 Å². The molecule has 0 radical (unpaired) electrons. The van der Waals surface area contributed by atoms with Gasteiger partial charge in [-0.05, 0) is 53.3 Å². The van der Waals surface area contributed by atoms with Crippen molar-refractivity contribution in [1.82, 2.24) is 15.1 Å². The molecule has 3 nitrogen and oxygen atoms in total. The molecule has 2 aromatic rings. The summed E-state index contributed by atoms with van der Waals surface area (Å²) in [6, 6.07) is 6.08. The Kier molecular flexibility index (Phi) is 5.03. The Morgan fingerprint density at radius 2 is 2.28 bits per heavy atom. The molecule has 0 saturated carbocycles. The van der Waals surface area contributed by atoms with Crippen LogP contribution in [-0.4, -0.2) is 16.3 Å².